The monoisotopic (exact) mass is 323 g/mol. The highest BCUT2D eigenvalue weighted by atomic mass is 16.5. The van der Waals surface area contributed by atoms with E-state index in [1.54, 1.807) is 6.92 Å². The van der Waals surface area contributed by atoms with Crippen LogP contribution in [0.15, 0.2) is 54.6 Å². The zero-order valence-corrected chi connectivity index (χ0v) is 13.7. The number of carbonyl (C=O) groups is 2. The summed E-state index contributed by atoms with van der Waals surface area (Å²) in [6, 6.07) is 13.6. The third kappa shape index (κ3) is 4.02. The summed E-state index contributed by atoms with van der Waals surface area (Å²) in [5.41, 5.74) is 0.695. The standard InChI is InChI=1S/C20H21NO3/c1-14(24-19(22)12-15-6-2-3-7-15)20(23)21-18-11-10-16-8-4-5-9-17(16)13-18/h2,4-6,8-11,13-15H,3,7,12H2,1H3,(H,21,23)/t14-,15-/m0/s1. The van der Waals surface area contributed by atoms with Crippen molar-refractivity contribution in [2.75, 3.05) is 5.32 Å². The van der Waals surface area contributed by atoms with Crippen molar-refractivity contribution in [3.63, 3.8) is 0 Å². The first kappa shape index (κ1) is 16.2. The highest BCUT2D eigenvalue weighted by Crippen LogP contribution is 2.21. The number of hydrogen-bond acceptors (Lipinski definition) is 3. The van der Waals surface area contributed by atoms with Gasteiger partial charge in [-0.05, 0) is 48.6 Å². The molecular weight excluding hydrogens is 302 g/mol. The van der Waals surface area contributed by atoms with Crippen molar-refractivity contribution < 1.29 is 14.3 Å². The Labute approximate surface area is 141 Å². The van der Waals surface area contributed by atoms with Gasteiger partial charge in [0.1, 0.15) is 0 Å². The maximum atomic E-state index is 12.2. The van der Waals surface area contributed by atoms with Gasteiger partial charge in [0.2, 0.25) is 0 Å². The van der Waals surface area contributed by atoms with Gasteiger partial charge in [-0.2, -0.15) is 0 Å². The molecule has 0 unspecified atom stereocenters. The van der Waals surface area contributed by atoms with Gasteiger partial charge in [-0.1, -0.05) is 42.5 Å². The van der Waals surface area contributed by atoms with Gasteiger partial charge in [-0.3, -0.25) is 9.59 Å². The van der Waals surface area contributed by atoms with E-state index in [1.807, 2.05) is 48.5 Å². The number of rotatable bonds is 5. The Morgan fingerprint density at radius 3 is 2.75 bits per heavy atom. The Morgan fingerprint density at radius 1 is 1.21 bits per heavy atom. The zero-order chi connectivity index (χ0) is 16.9. The topological polar surface area (TPSA) is 55.4 Å². The van der Waals surface area contributed by atoms with Crippen molar-refractivity contribution in [2.24, 2.45) is 5.92 Å². The Balaban J connectivity index is 1.56. The predicted molar refractivity (Wildman–Crippen MR) is 94.6 cm³/mol. The highest BCUT2D eigenvalue weighted by molar-refractivity contribution is 5.97. The fraction of sp³-hybridized carbons (Fsp3) is 0.300. The zero-order valence-electron chi connectivity index (χ0n) is 13.7. The van der Waals surface area contributed by atoms with E-state index in [0.29, 0.717) is 12.1 Å². The van der Waals surface area contributed by atoms with E-state index in [-0.39, 0.29) is 17.8 Å². The number of esters is 1. The molecule has 2 aromatic carbocycles. The predicted octanol–water partition coefficient (Wildman–Crippen LogP) is 4.07. The number of hydrogen-bond donors (Lipinski definition) is 1. The maximum absolute atomic E-state index is 12.2. The summed E-state index contributed by atoms with van der Waals surface area (Å²) in [5, 5.41) is 4.96. The summed E-state index contributed by atoms with van der Waals surface area (Å²) in [6.07, 6.45) is 5.64. The van der Waals surface area contributed by atoms with Gasteiger partial charge >= 0.3 is 5.97 Å². The van der Waals surface area contributed by atoms with Crippen LogP contribution in [0.3, 0.4) is 0 Å². The van der Waals surface area contributed by atoms with E-state index in [0.717, 1.165) is 23.6 Å². The van der Waals surface area contributed by atoms with Crippen LogP contribution in [-0.4, -0.2) is 18.0 Å². The third-order valence-electron chi connectivity index (χ3n) is 4.24. The van der Waals surface area contributed by atoms with Crippen molar-refractivity contribution in [1.29, 1.82) is 0 Å². The molecule has 2 aromatic rings. The summed E-state index contributed by atoms with van der Waals surface area (Å²) in [4.78, 5) is 24.1. The van der Waals surface area contributed by atoms with E-state index >= 15 is 0 Å². The van der Waals surface area contributed by atoms with E-state index in [9.17, 15) is 9.59 Å². The fourth-order valence-electron chi connectivity index (χ4n) is 2.89. The first-order chi connectivity index (χ1) is 11.6. The summed E-state index contributed by atoms with van der Waals surface area (Å²) in [6.45, 7) is 1.60. The molecule has 1 aliphatic rings. The number of fused-ring (bicyclic) bond motifs is 1. The van der Waals surface area contributed by atoms with Crippen LogP contribution in [0.25, 0.3) is 10.8 Å². The summed E-state index contributed by atoms with van der Waals surface area (Å²) >= 11 is 0. The van der Waals surface area contributed by atoms with Crippen LogP contribution >= 0.6 is 0 Å². The molecule has 0 fully saturated rings. The molecule has 1 amide bonds. The maximum Gasteiger partial charge on any atom is 0.307 e. The molecule has 0 saturated carbocycles. The number of allylic oxidation sites excluding steroid dienone is 2. The van der Waals surface area contributed by atoms with Gasteiger partial charge < -0.3 is 10.1 Å². The SMILES string of the molecule is C[C@H](OC(=O)C[C@H]1C=CCC1)C(=O)Nc1ccc2ccccc2c1. The molecule has 0 heterocycles. The second-order valence-corrected chi connectivity index (χ2v) is 6.15. The molecule has 0 aliphatic heterocycles. The first-order valence-electron chi connectivity index (χ1n) is 8.27. The molecule has 124 valence electrons. The van der Waals surface area contributed by atoms with E-state index in [4.69, 9.17) is 4.74 Å². The molecular formula is C20H21NO3. The molecule has 0 radical (unpaired) electrons. The van der Waals surface area contributed by atoms with Gasteiger partial charge in [-0.15, -0.1) is 0 Å². The lowest BCUT2D eigenvalue weighted by atomic mass is 10.1. The van der Waals surface area contributed by atoms with Crippen molar-refractivity contribution in [1.82, 2.24) is 0 Å². The molecule has 3 rings (SSSR count). The van der Waals surface area contributed by atoms with Gasteiger partial charge in [0.25, 0.3) is 5.91 Å². The Kier molecular flexibility index (Phi) is 4.94. The minimum absolute atomic E-state index is 0.244. The third-order valence-corrected chi connectivity index (χ3v) is 4.24. The lowest BCUT2D eigenvalue weighted by Gasteiger charge is -2.15. The lowest BCUT2D eigenvalue weighted by molar-refractivity contribution is -0.153. The lowest BCUT2D eigenvalue weighted by Crippen LogP contribution is -2.30. The number of amides is 1. The molecule has 0 bridgehead atoms. The average Bonchev–Trinajstić information content (AvgIpc) is 3.07. The first-order valence-corrected chi connectivity index (χ1v) is 8.27. The number of carbonyl (C=O) groups excluding carboxylic acids is 2. The van der Waals surface area contributed by atoms with Crippen LogP contribution in [0.2, 0.25) is 0 Å². The van der Waals surface area contributed by atoms with Crippen molar-refractivity contribution in [3.05, 3.63) is 54.6 Å². The van der Waals surface area contributed by atoms with Crippen molar-refractivity contribution in [2.45, 2.75) is 32.3 Å². The van der Waals surface area contributed by atoms with Gasteiger partial charge in [0.05, 0.1) is 6.42 Å². The minimum atomic E-state index is -0.811. The van der Waals surface area contributed by atoms with E-state index in [1.165, 1.54) is 0 Å². The fourth-order valence-corrected chi connectivity index (χ4v) is 2.89. The van der Waals surface area contributed by atoms with Crippen molar-refractivity contribution >= 4 is 28.3 Å². The number of anilines is 1. The average molecular weight is 323 g/mol. The van der Waals surface area contributed by atoms with Crippen LogP contribution in [0, 0.1) is 5.92 Å². The van der Waals surface area contributed by atoms with Crippen LogP contribution in [0.4, 0.5) is 5.69 Å². The Bertz CT molecular complexity index is 781. The molecule has 1 N–H and O–H groups in total. The molecule has 0 saturated heterocycles. The quantitative estimate of drug-likeness (QED) is 0.666. The molecule has 4 heteroatoms. The minimum Gasteiger partial charge on any atom is -0.453 e. The largest absolute Gasteiger partial charge is 0.453 e. The van der Waals surface area contributed by atoms with E-state index in [2.05, 4.69) is 11.4 Å². The van der Waals surface area contributed by atoms with Crippen molar-refractivity contribution in [3.8, 4) is 0 Å². The summed E-state index contributed by atoms with van der Waals surface area (Å²) < 4.78 is 5.25. The highest BCUT2D eigenvalue weighted by Gasteiger charge is 2.21. The van der Waals surface area contributed by atoms with Crippen LogP contribution < -0.4 is 5.32 Å². The Morgan fingerprint density at radius 2 is 2.00 bits per heavy atom. The smallest absolute Gasteiger partial charge is 0.307 e. The normalized spacial score (nSPS) is 17.6. The summed E-state index contributed by atoms with van der Waals surface area (Å²) in [5.74, 6) is -0.401. The molecule has 2 atom stereocenters. The molecule has 0 spiro atoms. The number of ether oxygens (including phenoxy) is 1. The second kappa shape index (κ2) is 7.30. The number of nitrogens with one attached hydrogen (secondary N) is 1. The summed E-state index contributed by atoms with van der Waals surface area (Å²) in [7, 11) is 0. The second-order valence-electron chi connectivity index (χ2n) is 6.15. The van der Waals surface area contributed by atoms with Crippen LogP contribution in [0.1, 0.15) is 26.2 Å². The number of benzene rings is 2. The van der Waals surface area contributed by atoms with E-state index < -0.39 is 6.10 Å². The van der Waals surface area contributed by atoms with Gasteiger partial charge in [-0.25, -0.2) is 0 Å². The molecule has 24 heavy (non-hydrogen) atoms. The Hall–Kier alpha value is -2.62. The van der Waals surface area contributed by atoms with Gasteiger partial charge in [0, 0.05) is 5.69 Å². The molecule has 0 aromatic heterocycles. The van der Waals surface area contributed by atoms with Gasteiger partial charge in [0.15, 0.2) is 6.10 Å². The van der Waals surface area contributed by atoms with Crippen LogP contribution in [-0.2, 0) is 14.3 Å². The molecule has 4 nitrogen and oxygen atoms in total. The van der Waals surface area contributed by atoms with Crippen LogP contribution in [0.5, 0.6) is 0 Å². The molecule has 1 aliphatic carbocycles.